The summed E-state index contributed by atoms with van der Waals surface area (Å²) in [4.78, 5) is 9.40. The van der Waals surface area contributed by atoms with E-state index in [1.807, 2.05) is 12.1 Å². The summed E-state index contributed by atoms with van der Waals surface area (Å²) < 4.78 is 10.9. The van der Waals surface area contributed by atoms with Gasteiger partial charge in [-0.1, -0.05) is 25.9 Å². The van der Waals surface area contributed by atoms with Crippen LogP contribution in [0.4, 0.5) is 0 Å². The Hall–Kier alpha value is -1.66. The zero-order valence-electron chi connectivity index (χ0n) is 14.5. The molecule has 0 aromatic carbocycles. The Balaban J connectivity index is 1.55. The second kappa shape index (κ2) is 6.45. The average Bonchev–Trinajstić information content (AvgIpc) is 3.18. The lowest BCUT2D eigenvalue weighted by Crippen LogP contribution is -2.46. The average molecular weight is 318 g/mol. The lowest BCUT2D eigenvalue weighted by atomic mass is 9.96. The van der Waals surface area contributed by atoms with Crippen LogP contribution in [0.25, 0.3) is 0 Å². The third-order valence-electron chi connectivity index (χ3n) is 4.38. The van der Waals surface area contributed by atoms with Gasteiger partial charge in [-0.25, -0.2) is 0 Å². The van der Waals surface area contributed by atoms with Gasteiger partial charge in [0.2, 0.25) is 5.89 Å². The number of nitrogens with zero attached hydrogens (tertiary/aromatic N) is 4. The molecule has 2 aromatic rings. The summed E-state index contributed by atoms with van der Waals surface area (Å²) in [6.07, 6.45) is 1.73. The molecule has 0 bridgehead atoms. The van der Waals surface area contributed by atoms with Crippen molar-refractivity contribution in [2.75, 3.05) is 26.2 Å². The van der Waals surface area contributed by atoms with Crippen LogP contribution in [0.5, 0.6) is 0 Å². The first-order valence-electron chi connectivity index (χ1n) is 8.26. The fourth-order valence-electron chi connectivity index (χ4n) is 2.80. The summed E-state index contributed by atoms with van der Waals surface area (Å²) in [7, 11) is 0. The molecule has 1 aliphatic rings. The SMILES string of the molecule is C[C@@H](c1nc(C(C)(C)C)no1)N1CCN(Cc2ccco2)CC1. The van der Waals surface area contributed by atoms with Gasteiger partial charge in [-0.3, -0.25) is 9.80 Å². The van der Waals surface area contributed by atoms with E-state index in [0.29, 0.717) is 0 Å². The van der Waals surface area contributed by atoms with Crippen molar-refractivity contribution in [2.45, 2.75) is 45.7 Å². The molecular weight excluding hydrogens is 292 g/mol. The highest BCUT2D eigenvalue weighted by atomic mass is 16.5. The van der Waals surface area contributed by atoms with Crippen molar-refractivity contribution < 1.29 is 8.94 Å². The second-order valence-corrected chi connectivity index (χ2v) is 7.27. The first kappa shape index (κ1) is 16.2. The van der Waals surface area contributed by atoms with Crippen molar-refractivity contribution in [2.24, 2.45) is 0 Å². The molecule has 3 heterocycles. The first-order valence-corrected chi connectivity index (χ1v) is 8.26. The maximum absolute atomic E-state index is 5.49. The van der Waals surface area contributed by atoms with Gasteiger partial charge in [0.1, 0.15) is 5.76 Å². The fourth-order valence-corrected chi connectivity index (χ4v) is 2.80. The van der Waals surface area contributed by atoms with E-state index in [9.17, 15) is 0 Å². The van der Waals surface area contributed by atoms with Gasteiger partial charge in [0, 0.05) is 31.6 Å². The van der Waals surface area contributed by atoms with Gasteiger partial charge in [-0.15, -0.1) is 0 Å². The van der Waals surface area contributed by atoms with E-state index in [4.69, 9.17) is 8.94 Å². The Morgan fingerprint density at radius 1 is 1.22 bits per heavy atom. The smallest absolute Gasteiger partial charge is 0.243 e. The van der Waals surface area contributed by atoms with Gasteiger partial charge in [0.15, 0.2) is 5.82 Å². The summed E-state index contributed by atoms with van der Waals surface area (Å²) >= 11 is 0. The molecule has 3 rings (SSSR count). The third-order valence-corrected chi connectivity index (χ3v) is 4.38. The van der Waals surface area contributed by atoms with Crippen LogP contribution in [-0.2, 0) is 12.0 Å². The molecule has 6 heteroatoms. The van der Waals surface area contributed by atoms with E-state index in [0.717, 1.165) is 50.2 Å². The molecule has 0 amide bonds. The van der Waals surface area contributed by atoms with Crippen molar-refractivity contribution in [1.82, 2.24) is 19.9 Å². The second-order valence-electron chi connectivity index (χ2n) is 7.27. The highest BCUT2D eigenvalue weighted by Crippen LogP contribution is 2.24. The summed E-state index contributed by atoms with van der Waals surface area (Å²) in [5.41, 5.74) is -0.0802. The lowest BCUT2D eigenvalue weighted by Gasteiger charge is -2.36. The molecule has 6 nitrogen and oxygen atoms in total. The highest BCUT2D eigenvalue weighted by Gasteiger charge is 2.28. The van der Waals surface area contributed by atoms with Crippen LogP contribution in [0.1, 0.15) is 51.2 Å². The maximum atomic E-state index is 5.49. The monoisotopic (exact) mass is 318 g/mol. The van der Waals surface area contributed by atoms with E-state index in [-0.39, 0.29) is 11.5 Å². The van der Waals surface area contributed by atoms with E-state index in [1.165, 1.54) is 0 Å². The molecule has 1 aliphatic heterocycles. The molecule has 126 valence electrons. The lowest BCUT2D eigenvalue weighted by molar-refractivity contribution is 0.0808. The minimum atomic E-state index is -0.0802. The largest absolute Gasteiger partial charge is 0.468 e. The Morgan fingerprint density at radius 3 is 2.52 bits per heavy atom. The molecule has 0 spiro atoms. The molecule has 23 heavy (non-hydrogen) atoms. The fraction of sp³-hybridized carbons (Fsp3) is 0.647. The van der Waals surface area contributed by atoms with Crippen LogP contribution < -0.4 is 0 Å². The van der Waals surface area contributed by atoms with Gasteiger partial charge in [-0.2, -0.15) is 4.98 Å². The van der Waals surface area contributed by atoms with Crippen molar-refractivity contribution in [3.05, 3.63) is 35.9 Å². The normalized spacial score (nSPS) is 19.1. The number of aromatic nitrogens is 2. The zero-order valence-corrected chi connectivity index (χ0v) is 14.5. The molecule has 0 radical (unpaired) electrons. The summed E-state index contributed by atoms with van der Waals surface area (Å²) in [5.74, 6) is 2.52. The Labute approximate surface area is 137 Å². The minimum absolute atomic E-state index is 0.0802. The predicted molar refractivity (Wildman–Crippen MR) is 87.0 cm³/mol. The Morgan fingerprint density at radius 2 is 1.96 bits per heavy atom. The van der Waals surface area contributed by atoms with E-state index < -0.39 is 0 Å². The van der Waals surface area contributed by atoms with Crippen LogP contribution >= 0.6 is 0 Å². The molecule has 1 fully saturated rings. The molecule has 2 aromatic heterocycles. The first-order chi connectivity index (χ1) is 10.9. The molecule has 0 unspecified atom stereocenters. The van der Waals surface area contributed by atoms with Crippen molar-refractivity contribution in [3.8, 4) is 0 Å². The van der Waals surface area contributed by atoms with Crippen LogP contribution in [0, 0.1) is 0 Å². The van der Waals surface area contributed by atoms with Crippen molar-refractivity contribution in [1.29, 1.82) is 0 Å². The van der Waals surface area contributed by atoms with Gasteiger partial charge < -0.3 is 8.94 Å². The summed E-state index contributed by atoms with van der Waals surface area (Å²) in [6.45, 7) is 13.3. The quantitative estimate of drug-likeness (QED) is 0.864. The topological polar surface area (TPSA) is 58.5 Å². The molecule has 0 N–H and O–H groups in total. The Kier molecular flexibility index (Phi) is 4.55. The molecule has 1 atom stereocenters. The predicted octanol–water partition coefficient (Wildman–Crippen LogP) is 2.84. The molecule has 0 saturated carbocycles. The van der Waals surface area contributed by atoms with E-state index >= 15 is 0 Å². The maximum Gasteiger partial charge on any atom is 0.243 e. The number of piperazine rings is 1. The molecule has 0 aliphatic carbocycles. The van der Waals surface area contributed by atoms with Crippen LogP contribution in [0.3, 0.4) is 0 Å². The summed E-state index contributed by atoms with van der Waals surface area (Å²) in [5, 5.41) is 4.13. The van der Waals surface area contributed by atoms with Gasteiger partial charge in [0.25, 0.3) is 0 Å². The van der Waals surface area contributed by atoms with Crippen LogP contribution in [0.15, 0.2) is 27.3 Å². The van der Waals surface area contributed by atoms with Crippen molar-refractivity contribution in [3.63, 3.8) is 0 Å². The standard InChI is InChI=1S/C17H26N4O2/c1-13(15-18-16(19-23-15)17(2,3)4)21-9-7-20(8-10-21)12-14-6-5-11-22-14/h5-6,11,13H,7-10,12H2,1-4H3/t13-/m0/s1. The number of furan rings is 1. The van der Waals surface area contributed by atoms with E-state index in [1.54, 1.807) is 6.26 Å². The number of hydrogen-bond donors (Lipinski definition) is 0. The molecular formula is C17H26N4O2. The van der Waals surface area contributed by atoms with Gasteiger partial charge in [0.05, 0.1) is 18.8 Å². The van der Waals surface area contributed by atoms with Crippen LogP contribution in [0.2, 0.25) is 0 Å². The molecule has 1 saturated heterocycles. The Bertz CT molecular complexity index is 607. The third kappa shape index (κ3) is 3.82. The van der Waals surface area contributed by atoms with Gasteiger partial charge >= 0.3 is 0 Å². The number of rotatable bonds is 4. The minimum Gasteiger partial charge on any atom is -0.468 e. The van der Waals surface area contributed by atoms with Crippen molar-refractivity contribution >= 4 is 0 Å². The zero-order chi connectivity index (χ0) is 16.4. The number of hydrogen-bond acceptors (Lipinski definition) is 6. The van der Waals surface area contributed by atoms with E-state index in [2.05, 4.69) is 47.6 Å². The summed E-state index contributed by atoms with van der Waals surface area (Å²) in [6, 6.07) is 4.13. The highest BCUT2D eigenvalue weighted by molar-refractivity contribution is 5.02. The van der Waals surface area contributed by atoms with Crippen LogP contribution in [-0.4, -0.2) is 46.1 Å². The van der Waals surface area contributed by atoms with Gasteiger partial charge in [-0.05, 0) is 19.1 Å².